The minimum Gasteiger partial charge on any atom is -0.390 e. The molecule has 0 aromatic carbocycles. The third-order valence-corrected chi connectivity index (χ3v) is 5.36. The van der Waals surface area contributed by atoms with E-state index < -0.39 is 11.8 Å². The summed E-state index contributed by atoms with van der Waals surface area (Å²) in [6.45, 7) is 5.80. The monoisotopic (exact) mass is 415 g/mol. The van der Waals surface area contributed by atoms with Gasteiger partial charge in [-0.25, -0.2) is 19.3 Å². The predicted molar refractivity (Wildman–Crippen MR) is 112 cm³/mol. The molecule has 0 bridgehead atoms. The summed E-state index contributed by atoms with van der Waals surface area (Å²) in [6.07, 6.45) is 2.59. The summed E-state index contributed by atoms with van der Waals surface area (Å²) in [5, 5.41) is 22.6. The zero-order chi connectivity index (χ0) is 21.5. The lowest BCUT2D eigenvalue weighted by Gasteiger charge is -2.38. The van der Waals surface area contributed by atoms with Gasteiger partial charge in [-0.3, -0.25) is 0 Å². The van der Waals surface area contributed by atoms with Gasteiger partial charge in [-0.2, -0.15) is 4.98 Å². The Kier molecular flexibility index (Phi) is 5.29. The first-order valence-corrected chi connectivity index (χ1v) is 9.98. The van der Waals surface area contributed by atoms with Gasteiger partial charge in [0.2, 0.25) is 5.95 Å². The van der Waals surface area contributed by atoms with Crippen LogP contribution in [0.25, 0.3) is 11.0 Å². The number of imidazole rings is 1. The van der Waals surface area contributed by atoms with Crippen LogP contribution in [-0.2, 0) is 6.61 Å². The van der Waals surface area contributed by atoms with Crippen molar-refractivity contribution in [3.63, 3.8) is 0 Å². The second kappa shape index (κ2) is 7.77. The van der Waals surface area contributed by atoms with Crippen LogP contribution >= 0.6 is 0 Å². The summed E-state index contributed by atoms with van der Waals surface area (Å²) in [4.78, 5) is 19.3. The van der Waals surface area contributed by atoms with Crippen molar-refractivity contribution in [3.05, 3.63) is 30.4 Å². The first-order chi connectivity index (χ1) is 14.3. The fourth-order valence-corrected chi connectivity index (χ4v) is 3.81. The van der Waals surface area contributed by atoms with E-state index in [2.05, 4.69) is 25.3 Å². The molecular weight excluding hydrogens is 389 g/mol. The lowest BCUT2D eigenvalue weighted by molar-refractivity contribution is -0.00860. The van der Waals surface area contributed by atoms with Gasteiger partial charge in [-0.05, 0) is 33.3 Å². The molecule has 30 heavy (non-hydrogen) atoms. The lowest BCUT2D eigenvalue weighted by Crippen LogP contribution is -2.52. The summed E-state index contributed by atoms with van der Waals surface area (Å²) < 4.78 is 16.5. The van der Waals surface area contributed by atoms with Crippen molar-refractivity contribution >= 4 is 28.6 Å². The molecule has 0 amide bonds. The number of nitrogens with zero attached hydrogens (tertiary/aromatic N) is 6. The van der Waals surface area contributed by atoms with E-state index in [4.69, 9.17) is 0 Å². The van der Waals surface area contributed by atoms with Crippen LogP contribution in [0.1, 0.15) is 39.1 Å². The fraction of sp³-hybridized carbons (Fsp3) is 0.500. The molecule has 3 aromatic heterocycles. The van der Waals surface area contributed by atoms with Crippen LogP contribution in [0.4, 0.5) is 22.0 Å². The Labute approximate surface area is 173 Å². The van der Waals surface area contributed by atoms with Crippen LogP contribution in [-0.4, -0.2) is 59.6 Å². The largest absolute Gasteiger partial charge is 0.390 e. The molecule has 4 rings (SSSR count). The maximum atomic E-state index is 14.5. The van der Waals surface area contributed by atoms with Gasteiger partial charge < -0.3 is 25.0 Å². The van der Waals surface area contributed by atoms with Gasteiger partial charge in [0.25, 0.3) is 0 Å². The maximum Gasteiger partial charge on any atom is 0.227 e. The highest BCUT2D eigenvalue weighted by atomic mass is 19.1. The SMILES string of the molecule is CC(C)n1c(CO)nc2cnc(Nc3ccnc(N4CCC(O)C(C)(F)C4)n3)cc21. The Morgan fingerprint density at radius 3 is 2.80 bits per heavy atom. The van der Waals surface area contributed by atoms with Crippen molar-refractivity contribution < 1.29 is 14.6 Å². The van der Waals surface area contributed by atoms with Crippen LogP contribution in [0.2, 0.25) is 0 Å². The van der Waals surface area contributed by atoms with Crippen molar-refractivity contribution in [1.29, 1.82) is 0 Å². The van der Waals surface area contributed by atoms with E-state index in [1.54, 1.807) is 23.4 Å². The summed E-state index contributed by atoms with van der Waals surface area (Å²) in [5.41, 5.74) is -0.146. The second-order valence-corrected chi connectivity index (χ2v) is 8.08. The zero-order valence-electron chi connectivity index (χ0n) is 17.2. The number of alkyl halides is 1. The number of hydrogen-bond donors (Lipinski definition) is 3. The third-order valence-electron chi connectivity index (χ3n) is 5.36. The van der Waals surface area contributed by atoms with Crippen molar-refractivity contribution in [2.75, 3.05) is 23.3 Å². The van der Waals surface area contributed by atoms with Gasteiger partial charge in [-0.15, -0.1) is 0 Å². The Balaban J connectivity index is 1.60. The van der Waals surface area contributed by atoms with Crippen LogP contribution in [0.15, 0.2) is 24.5 Å². The number of aliphatic hydroxyl groups excluding tert-OH is 2. The van der Waals surface area contributed by atoms with Crippen molar-refractivity contribution in [2.45, 2.75) is 51.6 Å². The van der Waals surface area contributed by atoms with E-state index in [1.165, 1.54) is 6.92 Å². The molecule has 1 saturated heterocycles. The van der Waals surface area contributed by atoms with Gasteiger partial charge in [0, 0.05) is 24.8 Å². The van der Waals surface area contributed by atoms with Gasteiger partial charge in [0.1, 0.15) is 29.6 Å². The Bertz CT molecular complexity index is 1050. The van der Waals surface area contributed by atoms with E-state index in [0.717, 1.165) is 5.52 Å². The van der Waals surface area contributed by atoms with Gasteiger partial charge >= 0.3 is 0 Å². The number of aromatic nitrogens is 5. The minimum absolute atomic E-state index is 0.0271. The average Bonchev–Trinajstić information content (AvgIpc) is 3.08. The smallest absolute Gasteiger partial charge is 0.227 e. The number of rotatable bonds is 5. The molecule has 3 N–H and O–H groups in total. The molecule has 160 valence electrons. The number of anilines is 3. The molecule has 3 aromatic rings. The number of piperidine rings is 1. The molecular formula is C20H26FN7O2. The summed E-state index contributed by atoms with van der Waals surface area (Å²) in [7, 11) is 0. The number of hydrogen-bond acceptors (Lipinski definition) is 8. The number of nitrogens with one attached hydrogen (secondary N) is 1. The van der Waals surface area contributed by atoms with Gasteiger partial charge in [0.05, 0.1) is 24.4 Å². The average molecular weight is 415 g/mol. The predicted octanol–water partition coefficient (Wildman–Crippen LogP) is 2.34. The highest BCUT2D eigenvalue weighted by Gasteiger charge is 2.39. The molecule has 2 unspecified atom stereocenters. The molecule has 4 heterocycles. The molecule has 10 heteroatoms. The number of fused-ring (bicyclic) bond motifs is 1. The van der Waals surface area contributed by atoms with Crippen LogP contribution < -0.4 is 10.2 Å². The van der Waals surface area contributed by atoms with E-state index in [9.17, 15) is 14.6 Å². The van der Waals surface area contributed by atoms with Crippen molar-refractivity contribution in [1.82, 2.24) is 24.5 Å². The molecule has 1 aliphatic heterocycles. The van der Waals surface area contributed by atoms with Crippen molar-refractivity contribution in [3.8, 4) is 0 Å². The van der Waals surface area contributed by atoms with Crippen molar-refractivity contribution in [2.24, 2.45) is 0 Å². The molecule has 0 saturated carbocycles. The Morgan fingerprint density at radius 2 is 2.10 bits per heavy atom. The highest BCUT2D eigenvalue weighted by molar-refractivity contribution is 5.79. The molecule has 0 spiro atoms. The molecule has 0 radical (unpaired) electrons. The van der Waals surface area contributed by atoms with E-state index >= 15 is 0 Å². The van der Waals surface area contributed by atoms with E-state index in [0.29, 0.717) is 41.9 Å². The van der Waals surface area contributed by atoms with Crippen LogP contribution in [0.5, 0.6) is 0 Å². The van der Waals surface area contributed by atoms with Gasteiger partial charge in [0.15, 0.2) is 5.67 Å². The summed E-state index contributed by atoms with van der Waals surface area (Å²) in [6, 6.07) is 3.70. The Hall–Kier alpha value is -2.85. The topological polar surface area (TPSA) is 112 Å². The molecule has 2 atom stereocenters. The van der Waals surface area contributed by atoms with Crippen LogP contribution in [0, 0.1) is 0 Å². The Morgan fingerprint density at radius 1 is 1.30 bits per heavy atom. The molecule has 9 nitrogen and oxygen atoms in total. The third kappa shape index (κ3) is 3.80. The molecule has 1 aliphatic rings. The maximum absolute atomic E-state index is 14.5. The molecule has 0 aliphatic carbocycles. The number of halogens is 1. The normalized spacial score (nSPS) is 22.1. The summed E-state index contributed by atoms with van der Waals surface area (Å²) in [5.74, 6) is 2.08. The highest BCUT2D eigenvalue weighted by Crippen LogP contribution is 2.28. The van der Waals surface area contributed by atoms with Gasteiger partial charge in [-0.1, -0.05) is 0 Å². The van der Waals surface area contributed by atoms with E-state index in [1.807, 2.05) is 24.5 Å². The molecule has 1 fully saturated rings. The lowest BCUT2D eigenvalue weighted by atomic mass is 9.94. The van der Waals surface area contributed by atoms with E-state index in [-0.39, 0.29) is 19.2 Å². The fourth-order valence-electron chi connectivity index (χ4n) is 3.81. The summed E-state index contributed by atoms with van der Waals surface area (Å²) >= 11 is 0. The number of pyridine rings is 1. The first-order valence-electron chi connectivity index (χ1n) is 9.98. The minimum atomic E-state index is -1.71. The van der Waals surface area contributed by atoms with Crippen LogP contribution in [0.3, 0.4) is 0 Å². The second-order valence-electron chi connectivity index (χ2n) is 8.08. The first kappa shape index (κ1) is 20.4. The number of aliphatic hydroxyl groups is 2. The zero-order valence-corrected chi connectivity index (χ0v) is 17.2. The quantitative estimate of drug-likeness (QED) is 0.582. The standard InChI is InChI=1S/C20H26FN7O2/c1-12(2)28-14-8-17(23-9-13(14)24-18(28)10-29)25-16-4-6-22-19(26-16)27-7-5-15(30)20(3,21)11-27/h4,6,8-9,12,15,29-30H,5,7,10-11H2,1-3H3,(H,22,23,25,26).